The fourth-order valence-electron chi connectivity index (χ4n) is 5.47. The van der Waals surface area contributed by atoms with Gasteiger partial charge in [-0.15, -0.1) is 0 Å². The Morgan fingerprint density at radius 2 is 1.79 bits per heavy atom. The minimum Gasteiger partial charge on any atom is -0.354 e. The van der Waals surface area contributed by atoms with E-state index in [9.17, 15) is 0 Å². The molecule has 0 spiro atoms. The van der Waals surface area contributed by atoms with Crippen LogP contribution >= 0.6 is 0 Å². The van der Waals surface area contributed by atoms with Crippen molar-refractivity contribution in [2.24, 2.45) is 0 Å². The minimum absolute atomic E-state index is 0.180. The van der Waals surface area contributed by atoms with Gasteiger partial charge in [0.1, 0.15) is 5.82 Å². The Bertz CT molecular complexity index is 1010. The van der Waals surface area contributed by atoms with Gasteiger partial charge in [-0.05, 0) is 65.0 Å². The normalized spacial score (nSPS) is 21.1. The lowest BCUT2D eigenvalue weighted by molar-refractivity contribution is 0.242. The van der Waals surface area contributed by atoms with Crippen molar-refractivity contribution in [3.63, 3.8) is 0 Å². The predicted molar refractivity (Wildman–Crippen MR) is 135 cm³/mol. The summed E-state index contributed by atoms with van der Waals surface area (Å²) in [5.41, 5.74) is 6.11. The van der Waals surface area contributed by atoms with Crippen molar-refractivity contribution in [2.75, 3.05) is 37.6 Å². The number of nitrogens with zero attached hydrogens (tertiary/aromatic N) is 5. The zero-order chi connectivity index (χ0) is 23.6. The van der Waals surface area contributed by atoms with Crippen LogP contribution in [0.4, 0.5) is 5.82 Å². The van der Waals surface area contributed by atoms with E-state index >= 15 is 0 Å². The molecule has 1 N–H and O–H groups in total. The summed E-state index contributed by atoms with van der Waals surface area (Å²) in [6.45, 7) is 15.1. The van der Waals surface area contributed by atoms with Crippen LogP contribution < -0.4 is 10.2 Å². The smallest absolute Gasteiger partial charge is 0.162 e. The van der Waals surface area contributed by atoms with Gasteiger partial charge in [-0.2, -0.15) is 5.26 Å². The van der Waals surface area contributed by atoms with Gasteiger partial charge in [0, 0.05) is 54.6 Å². The van der Waals surface area contributed by atoms with Crippen molar-refractivity contribution in [3.8, 4) is 17.5 Å². The van der Waals surface area contributed by atoms with Crippen LogP contribution in [0.2, 0.25) is 0 Å². The van der Waals surface area contributed by atoms with Gasteiger partial charge >= 0.3 is 0 Å². The number of piperidine rings is 1. The molecule has 33 heavy (non-hydrogen) atoms. The van der Waals surface area contributed by atoms with Crippen LogP contribution in [0.1, 0.15) is 55.5 Å². The first-order valence-corrected chi connectivity index (χ1v) is 12.3. The Morgan fingerprint density at radius 3 is 2.42 bits per heavy atom. The number of rotatable bonds is 5. The first kappa shape index (κ1) is 23.7. The first-order valence-electron chi connectivity index (χ1n) is 12.3. The fraction of sp³-hybridized carbons (Fsp3) is 0.593. The third-order valence-electron chi connectivity index (χ3n) is 7.26. The highest BCUT2D eigenvalue weighted by atomic mass is 15.3. The Morgan fingerprint density at radius 1 is 1.09 bits per heavy atom. The maximum atomic E-state index is 9.09. The molecule has 2 aliphatic heterocycles. The average Bonchev–Trinajstić information content (AvgIpc) is 2.75. The highest BCUT2D eigenvalue weighted by Gasteiger charge is 2.30. The van der Waals surface area contributed by atoms with Gasteiger partial charge in [0.25, 0.3) is 0 Å². The largest absolute Gasteiger partial charge is 0.354 e. The fourth-order valence-corrected chi connectivity index (χ4v) is 5.47. The number of piperazine rings is 1. The Labute approximate surface area is 199 Å². The molecule has 0 saturated carbocycles. The monoisotopic (exact) mass is 446 g/mol. The second kappa shape index (κ2) is 9.79. The molecule has 1 unspecified atom stereocenters. The highest BCUT2D eigenvalue weighted by molar-refractivity contribution is 5.67. The number of benzene rings is 1. The van der Waals surface area contributed by atoms with Gasteiger partial charge in [-0.3, -0.25) is 4.90 Å². The summed E-state index contributed by atoms with van der Waals surface area (Å²) >= 11 is 0. The van der Waals surface area contributed by atoms with E-state index < -0.39 is 0 Å². The molecular weight excluding hydrogens is 408 g/mol. The molecule has 2 aliphatic rings. The van der Waals surface area contributed by atoms with Crippen molar-refractivity contribution < 1.29 is 0 Å². The molecule has 6 nitrogen and oxygen atoms in total. The quantitative estimate of drug-likeness (QED) is 0.695. The topological polar surface area (TPSA) is 68.1 Å². The van der Waals surface area contributed by atoms with Gasteiger partial charge in [0.2, 0.25) is 0 Å². The van der Waals surface area contributed by atoms with Crippen LogP contribution in [0, 0.1) is 32.1 Å². The van der Waals surface area contributed by atoms with E-state index in [0.29, 0.717) is 12.6 Å². The molecule has 0 aliphatic carbocycles. The number of aromatic nitrogens is 2. The van der Waals surface area contributed by atoms with Crippen molar-refractivity contribution in [3.05, 3.63) is 40.6 Å². The van der Waals surface area contributed by atoms with E-state index in [1.807, 2.05) is 0 Å². The zero-order valence-corrected chi connectivity index (χ0v) is 20.9. The molecule has 2 saturated heterocycles. The lowest BCUT2D eigenvalue weighted by Crippen LogP contribution is -2.50. The van der Waals surface area contributed by atoms with E-state index in [1.54, 1.807) is 0 Å². The van der Waals surface area contributed by atoms with Gasteiger partial charge < -0.3 is 10.2 Å². The third-order valence-corrected chi connectivity index (χ3v) is 7.26. The number of hydrogen-bond donors (Lipinski definition) is 1. The SMILES string of the molecule is Cc1cccc(C)c1-c1nc(C)c(CC2CCCC(C)(C)N2)c(N2CCN(CC#N)CC2)n1. The molecule has 0 amide bonds. The van der Waals surface area contributed by atoms with Crippen LogP contribution in [-0.2, 0) is 6.42 Å². The summed E-state index contributed by atoms with van der Waals surface area (Å²) in [4.78, 5) is 14.9. The number of nitriles is 1. The van der Waals surface area contributed by atoms with E-state index in [-0.39, 0.29) is 5.54 Å². The zero-order valence-electron chi connectivity index (χ0n) is 20.9. The van der Waals surface area contributed by atoms with Gasteiger partial charge in [0.05, 0.1) is 12.6 Å². The van der Waals surface area contributed by atoms with Crippen LogP contribution in [-0.4, -0.2) is 59.2 Å². The lowest BCUT2D eigenvalue weighted by atomic mass is 9.86. The maximum absolute atomic E-state index is 9.09. The number of nitrogens with one attached hydrogen (secondary N) is 1. The average molecular weight is 447 g/mol. The van der Waals surface area contributed by atoms with Crippen LogP contribution in [0.3, 0.4) is 0 Å². The van der Waals surface area contributed by atoms with Crippen LogP contribution in [0.15, 0.2) is 18.2 Å². The molecule has 1 aromatic carbocycles. The Balaban J connectivity index is 1.71. The van der Waals surface area contributed by atoms with E-state index in [4.69, 9.17) is 15.2 Å². The summed E-state index contributed by atoms with van der Waals surface area (Å²) in [6.07, 6.45) is 4.62. The van der Waals surface area contributed by atoms with E-state index in [2.05, 4.69) is 74.0 Å². The van der Waals surface area contributed by atoms with Crippen molar-refractivity contribution >= 4 is 5.82 Å². The Kier molecular flexibility index (Phi) is 7.02. The summed E-state index contributed by atoms with van der Waals surface area (Å²) < 4.78 is 0. The predicted octanol–water partition coefficient (Wildman–Crippen LogP) is 4.18. The third kappa shape index (κ3) is 5.37. The molecule has 4 rings (SSSR count). The molecule has 3 heterocycles. The van der Waals surface area contributed by atoms with Gasteiger partial charge in [-0.25, -0.2) is 9.97 Å². The highest BCUT2D eigenvalue weighted by Crippen LogP contribution is 2.32. The summed E-state index contributed by atoms with van der Waals surface area (Å²) in [5.74, 6) is 1.92. The molecule has 2 fully saturated rings. The second-order valence-corrected chi connectivity index (χ2v) is 10.4. The molecule has 6 heteroatoms. The minimum atomic E-state index is 0.180. The summed E-state index contributed by atoms with van der Waals surface area (Å²) in [5, 5.41) is 13.0. The molecule has 1 aromatic heterocycles. The molecular formula is C27H38N6. The van der Waals surface area contributed by atoms with Crippen molar-refractivity contribution in [2.45, 2.75) is 71.9 Å². The molecule has 1 atom stereocenters. The molecule has 0 bridgehead atoms. The summed E-state index contributed by atoms with van der Waals surface area (Å²) in [7, 11) is 0. The van der Waals surface area contributed by atoms with E-state index in [0.717, 1.165) is 55.5 Å². The Hall–Kier alpha value is -2.49. The van der Waals surface area contributed by atoms with E-state index in [1.165, 1.54) is 36.0 Å². The van der Waals surface area contributed by atoms with Gasteiger partial charge in [-0.1, -0.05) is 24.6 Å². The number of anilines is 1. The van der Waals surface area contributed by atoms with Gasteiger partial charge in [0.15, 0.2) is 5.82 Å². The van der Waals surface area contributed by atoms with Crippen LogP contribution in [0.5, 0.6) is 0 Å². The van der Waals surface area contributed by atoms with Crippen LogP contribution in [0.25, 0.3) is 11.4 Å². The van der Waals surface area contributed by atoms with Crippen molar-refractivity contribution in [1.82, 2.24) is 20.2 Å². The first-order chi connectivity index (χ1) is 15.8. The maximum Gasteiger partial charge on any atom is 0.162 e. The lowest BCUT2D eigenvalue weighted by Gasteiger charge is -2.39. The second-order valence-electron chi connectivity index (χ2n) is 10.4. The summed E-state index contributed by atoms with van der Waals surface area (Å²) in [6, 6.07) is 9.12. The number of aryl methyl sites for hydroxylation is 3. The standard InChI is InChI=1S/C27H38N6/c1-19-8-6-9-20(2)24(19)25-29-21(3)23(18-22-10-7-11-27(4,5)31-22)26(30-25)33-16-14-32(13-12-28)15-17-33/h6,8-9,22,31H,7,10-11,13-18H2,1-5H3. The van der Waals surface area contributed by atoms with Crippen molar-refractivity contribution in [1.29, 1.82) is 5.26 Å². The number of hydrogen-bond acceptors (Lipinski definition) is 6. The molecule has 0 radical (unpaired) electrons. The molecule has 176 valence electrons. The molecule has 2 aromatic rings.